The summed E-state index contributed by atoms with van der Waals surface area (Å²) in [5.74, 6) is -0.809. The van der Waals surface area contributed by atoms with Gasteiger partial charge in [0.1, 0.15) is 18.7 Å². The van der Waals surface area contributed by atoms with Crippen LogP contribution in [0.3, 0.4) is 0 Å². The topological polar surface area (TPSA) is 104 Å². The number of nitrogens with zero attached hydrogens (tertiary/aromatic N) is 1. The van der Waals surface area contributed by atoms with Crippen molar-refractivity contribution in [3.05, 3.63) is 59.9 Å². The summed E-state index contributed by atoms with van der Waals surface area (Å²) in [5, 5.41) is 5.83. The van der Waals surface area contributed by atoms with Gasteiger partial charge in [0.05, 0.1) is 11.7 Å². The van der Waals surface area contributed by atoms with Gasteiger partial charge in [-0.3, -0.25) is 14.4 Å². The minimum absolute atomic E-state index is 0.00330. The number of ketones is 1. The van der Waals surface area contributed by atoms with Gasteiger partial charge in [0.2, 0.25) is 5.91 Å². The van der Waals surface area contributed by atoms with E-state index in [-0.39, 0.29) is 35.7 Å². The summed E-state index contributed by atoms with van der Waals surface area (Å²) in [7, 11) is 0. The second kappa shape index (κ2) is 11.2. The third kappa shape index (κ3) is 6.80. The minimum Gasteiger partial charge on any atom is -0.367 e. The number of H-pyrrole nitrogens is 1. The van der Waals surface area contributed by atoms with E-state index in [1.807, 2.05) is 18.2 Å². The molecule has 188 valence electrons. The first-order chi connectivity index (χ1) is 16.8. The number of Topliss-reactive ketones (excluding diaryl/α,β-unsaturated/α-hetero) is 1. The lowest BCUT2D eigenvalue weighted by Crippen LogP contribution is -2.55. The number of benzene rings is 1. The van der Waals surface area contributed by atoms with Crippen molar-refractivity contribution in [3.8, 4) is 0 Å². The highest BCUT2D eigenvalue weighted by Gasteiger charge is 2.40. The number of ether oxygens (including phenoxy) is 1. The zero-order chi connectivity index (χ0) is 24.8. The summed E-state index contributed by atoms with van der Waals surface area (Å²) in [6.45, 7) is 6.76. The summed E-state index contributed by atoms with van der Waals surface area (Å²) in [6, 6.07) is 10.3. The smallest absolute Gasteiger partial charge is 0.253 e. The third-order valence-electron chi connectivity index (χ3n) is 6.86. The van der Waals surface area contributed by atoms with Crippen molar-refractivity contribution in [2.75, 3.05) is 26.2 Å². The standard InChI is InChI=1S/C27H36N4O4/c1-27(2,14-19-8-4-3-5-9-19)15-21(29-25(33)20-10-11-28-16-20)26(34)30-24-22(32)18-35-23(24)17-31-12-6-7-13-31/h3-5,8-11,16,21,23-24,28H,6-7,12-15,17-18H2,1-2H3,(H,29,33)(H,30,34). The van der Waals surface area contributed by atoms with Gasteiger partial charge >= 0.3 is 0 Å². The Morgan fingerprint density at radius 1 is 1.17 bits per heavy atom. The molecule has 0 saturated carbocycles. The van der Waals surface area contributed by atoms with E-state index in [1.54, 1.807) is 18.5 Å². The average Bonchev–Trinajstić information content (AvgIpc) is 3.59. The number of aromatic amines is 1. The first kappa shape index (κ1) is 25.1. The molecule has 1 aromatic heterocycles. The van der Waals surface area contributed by atoms with E-state index in [2.05, 4.69) is 46.5 Å². The van der Waals surface area contributed by atoms with Crippen LogP contribution in [-0.4, -0.2) is 71.9 Å². The number of hydrogen-bond acceptors (Lipinski definition) is 5. The lowest BCUT2D eigenvalue weighted by atomic mass is 9.79. The van der Waals surface area contributed by atoms with Crippen molar-refractivity contribution in [1.82, 2.24) is 20.5 Å². The van der Waals surface area contributed by atoms with Gasteiger partial charge in [-0.2, -0.15) is 0 Å². The van der Waals surface area contributed by atoms with Crippen molar-refractivity contribution in [3.63, 3.8) is 0 Å². The van der Waals surface area contributed by atoms with Crippen LogP contribution in [0.25, 0.3) is 0 Å². The van der Waals surface area contributed by atoms with E-state index in [0.29, 0.717) is 18.5 Å². The second-order valence-electron chi connectivity index (χ2n) is 10.5. The summed E-state index contributed by atoms with van der Waals surface area (Å²) in [4.78, 5) is 44.1. The van der Waals surface area contributed by atoms with E-state index >= 15 is 0 Å². The van der Waals surface area contributed by atoms with Gasteiger partial charge in [-0.05, 0) is 55.8 Å². The first-order valence-corrected chi connectivity index (χ1v) is 12.5. The molecule has 0 aliphatic carbocycles. The van der Waals surface area contributed by atoms with E-state index < -0.39 is 12.1 Å². The molecule has 0 bridgehead atoms. The average molecular weight is 481 g/mol. The molecule has 2 fully saturated rings. The van der Waals surface area contributed by atoms with Crippen molar-refractivity contribution in [1.29, 1.82) is 0 Å². The molecule has 2 aliphatic heterocycles. The van der Waals surface area contributed by atoms with Gasteiger partial charge in [0.15, 0.2) is 5.78 Å². The van der Waals surface area contributed by atoms with Crippen LogP contribution >= 0.6 is 0 Å². The van der Waals surface area contributed by atoms with Crippen LogP contribution in [0.1, 0.15) is 49.0 Å². The maximum absolute atomic E-state index is 13.5. The van der Waals surface area contributed by atoms with Crippen molar-refractivity contribution in [2.24, 2.45) is 5.41 Å². The van der Waals surface area contributed by atoms with Crippen LogP contribution < -0.4 is 10.6 Å². The number of aromatic nitrogens is 1. The molecule has 0 spiro atoms. The largest absolute Gasteiger partial charge is 0.367 e. The lowest BCUT2D eigenvalue weighted by molar-refractivity contribution is -0.128. The van der Waals surface area contributed by atoms with Crippen LogP contribution in [-0.2, 0) is 20.7 Å². The molecule has 0 radical (unpaired) electrons. The van der Waals surface area contributed by atoms with Crippen LogP contribution in [0, 0.1) is 5.41 Å². The fourth-order valence-corrected chi connectivity index (χ4v) is 5.08. The molecule has 35 heavy (non-hydrogen) atoms. The predicted octanol–water partition coefficient (Wildman–Crippen LogP) is 2.32. The first-order valence-electron chi connectivity index (χ1n) is 12.5. The lowest BCUT2D eigenvalue weighted by Gasteiger charge is -2.31. The molecule has 1 aromatic carbocycles. The molecule has 3 unspecified atom stereocenters. The molecular weight excluding hydrogens is 444 g/mol. The maximum Gasteiger partial charge on any atom is 0.253 e. The fourth-order valence-electron chi connectivity index (χ4n) is 5.08. The molecule has 8 nitrogen and oxygen atoms in total. The maximum atomic E-state index is 13.5. The summed E-state index contributed by atoms with van der Waals surface area (Å²) in [5.41, 5.74) is 1.34. The zero-order valence-corrected chi connectivity index (χ0v) is 20.6. The summed E-state index contributed by atoms with van der Waals surface area (Å²) < 4.78 is 5.74. The molecule has 2 aliphatic rings. The summed E-state index contributed by atoms with van der Waals surface area (Å²) in [6.07, 6.45) is 6.34. The van der Waals surface area contributed by atoms with E-state index in [1.165, 1.54) is 5.56 Å². The number of nitrogens with one attached hydrogen (secondary N) is 3. The Balaban J connectivity index is 1.47. The number of amides is 2. The molecular formula is C27H36N4O4. The Morgan fingerprint density at radius 3 is 2.60 bits per heavy atom. The number of carbonyl (C=O) groups is 3. The van der Waals surface area contributed by atoms with Gasteiger partial charge < -0.3 is 25.3 Å². The number of rotatable bonds is 10. The molecule has 4 rings (SSSR count). The van der Waals surface area contributed by atoms with Gasteiger partial charge in [-0.15, -0.1) is 0 Å². The van der Waals surface area contributed by atoms with Crippen LogP contribution in [0.15, 0.2) is 48.8 Å². The predicted molar refractivity (Wildman–Crippen MR) is 133 cm³/mol. The molecule has 8 heteroatoms. The highest BCUT2D eigenvalue weighted by atomic mass is 16.5. The SMILES string of the molecule is CC(C)(Cc1ccccc1)CC(NC(=O)c1cc[nH]c1)C(=O)NC1C(=O)COC1CN1CCCC1. The Hall–Kier alpha value is -2.97. The number of likely N-dealkylation sites (tertiary alicyclic amines) is 1. The van der Waals surface area contributed by atoms with E-state index in [0.717, 1.165) is 32.4 Å². The van der Waals surface area contributed by atoms with E-state index in [4.69, 9.17) is 4.74 Å². The Morgan fingerprint density at radius 2 is 1.91 bits per heavy atom. The molecule has 3 heterocycles. The quantitative estimate of drug-likeness (QED) is 0.484. The second-order valence-corrected chi connectivity index (χ2v) is 10.5. The van der Waals surface area contributed by atoms with Crippen LogP contribution in [0.2, 0.25) is 0 Å². The summed E-state index contributed by atoms with van der Waals surface area (Å²) >= 11 is 0. The van der Waals surface area contributed by atoms with Crippen molar-refractivity contribution >= 4 is 17.6 Å². The third-order valence-corrected chi connectivity index (χ3v) is 6.86. The van der Waals surface area contributed by atoms with Gasteiger partial charge in [-0.25, -0.2) is 0 Å². The highest BCUT2D eigenvalue weighted by molar-refractivity contribution is 5.98. The molecule has 2 amide bonds. The Kier molecular flexibility index (Phi) is 8.03. The number of hydrogen-bond donors (Lipinski definition) is 3. The number of carbonyl (C=O) groups excluding carboxylic acids is 3. The minimum atomic E-state index is -0.794. The van der Waals surface area contributed by atoms with Crippen LogP contribution in [0.4, 0.5) is 0 Å². The Labute approximate surface area is 206 Å². The molecule has 3 atom stereocenters. The highest BCUT2D eigenvalue weighted by Crippen LogP contribution is 2.28. The molecule has 2 aromatic rings. The van der Waals surface area contributed by atoms with Gasteiger partial charge in [0.25, 0.3) is 5.91 Å². The monoisotopic (exact) mass is 480 g/mol. The zero-order valence-electron chi connectivity index (χ0n) is 20.6. The van der Waals surface area contributed by atoms with Crippen molar-refractivity contribution in [2.45, 2.75) is 57.7 Å². The van der Waals surface area contributed by atoms with Crippen molar-refractivity contribution < 1.29 is 19.1 Å². The Bertz CT molecular complexity index is 999. The fraction of sp³-hybridized carbons (Fsp3) is 0.519. The molecule has 3 N–H and O–H groups in total. The van der Waals surface area contributed by atoms with Gasteiger partial charge in [-0.1, -0.05) is 44.2 Å². The molecule has 2 saturated heterocycles. The van der Waals surface area contributed by atoms with Gasteiger partial charge in [0, 0.05) is 18.9 Å². The van der Waals surface area contributed by atoms with Crippen LogP contribution in [0.5, 0.6) is 0 Å². The van der Waals surface area contributed by atoms with E-state index in [9.17, 15) is 14.4 Å². The normalized spacial score (nSPS) is 21.7.